The fourth-order valence-corrected chi connectivity index (χ4v) is 2.69. The van der Waals surface area contributed by atoms with Crippen molar-refractivity contribution in [3.05, 3.63) is 67.6 Å². The van der Waals surface area contributed by atoms with E-state index in [-0.39, 0.29) is 17.1 Å². The number of carbonyl (C=O) groups excluding carboxylic acids is 2. The van der Waals surface area contributed by atoms with Gasteiger partial charge in [-0.3, -0.25) is 25.4 Å². The van der Waals surface area contributed by atoms with Crippen molar-refractivity contribution in [2.45, 2.75) is 0 Å². The summed E-state index contributed by atoms with van der Waals surface area (Å²) in [4.78, 5) is 27.6. The maximum Gasteiger partial charge on any atom is 0.271 e. The van der Waals surface area contributed by atoms with Crippen LogP contribution < -0.4 is 10.9 Å². The first-order valence-electron chi connectivity index (χ1n) is 6.86. The van der Waals surface area contributed by atoms with E-state index in [1.54, 1.807) is 18.2 Å². The maximum absolute atomic E-state index is 11.9. The predicted molar refractivity (Wildman–Crippen MR) is 101 cm³/mol. The summed E-state index contributed by atoms with van der Waals surface area (Å²) in [5, 5.41) is 1.50. The molecule has 0 unspecified atom stereocenters. The average molecular weight is 419 g/mol. The van der Waals surface area contributed by atoms with Crippen LogP contribution >= 0.6 is 46.4 Å². The second-order valence-electron chi connectivity index (χ2n) is 4.76. The van der Waals surface area contributed by atoms with Crippen LogP contribution in [-0.2, 0) is 4.79 Å². The third kappa shape index (κ3) is 5.90. The van der Waals surface area contributed by atoms with Crippen LogP contribution in [0.25, 0.3) is 0 Å². The third-order valence-corrected chi connectivity index (χ3v) is 4.03. The van der Waals surface area contributed by atoms with Crippen LogP contribution in [0.1, 0.15) is 15.9 Å². The summed E-state index contributed by atoms with van der Waals surface area (Å²) in [5.41, 5.74) is 5.28. The van der Waals surface area contributed by atoms with Gasteiger partial charge in [0.2, 0.25) is 0 Å². The van der Waals surface area contributed by atoms with Crippen LogP contribution in [0.2, 0.25) is 20.1 Å². The monoisotopic (exact) mass is 417 g/mol. The number of nitrogens with one attached hydrogen (secondary N) is 2. The van der Waals surface area contributed by atoms with Gasteiger partial charge in [0.15, 0.2) is 0 Å². The SMILES string of the molecule is O=C(CN=Cc1ccc(Cl)cc1Cl)NNC(=O)c1ccc(Cl)cc1Cl. The summed E-state index contributed by atoms with van der Waals surface area (Å²) in [7, 11) is 0. The number of benzene rings is 2. The Morgan fingerprint density at radius 2 is 1.56 bits per heavy atom. The zero-order valence-electron chi connectivity index (χ0n) is 12.5. The highest BCUT2D eigenvalue weighted by atomic mass is 35.5. The Labute approximate surface area is 163 Å². The number of halogens is 4. The summed E-state index contributed by atoms with van der Waals surface area (Å²) in [6, 6.07) is 9.30. The van der Waals surface area contributed by atoms with Crippen LogP contribution in [0.15, 0.2) is 41.4 Å². The van der Waals surface area contributed by atoms with Gasteiger partial charge in [-0.15, -0.1) is 0 Å². The Morgan fingerprint density at radius 3 is 2.20 bits per heavy atom. The molecule has 25 heavy (non-hydrogen) atoms. The highest BCUT2D eigenvalue weighted by Gasteiger charge is 2.11. The first kappa shape index (κ1) is 19.5. The van der Waals surface area contributed by atoms with E-state index in [1.807, 2.05) is 0 Å². The minimum atomic E-state index is -0.570. The lowest BCUT2D eigenvalue weighted by Crippen LogP contribution is -2.42. The summed E-state index contributed by atoms with van der Waals surface area (Å²) >= 11 is 23.5. The molecule has 9 heteroatoms. The van der Waals surface area contributed by atoms with Crippen LogP contribution in [0.4, 0.5) is 0 Å². The van der Waals surface area contributed by atoms with Gasteiger partial charge < -0.3 is 0 Å². The largest absolute Gasteiger partial charge is 0.283 e. The van der Waals surface area contributed by atoms with Crippen molar-refractivity contribution in [3.8, 4) is 0 Å². The molecule has 2 aromatic rings. The Balaban J connectivity index is 1.86. The molecule has 0 fully saturated rings. The third-order valence-electron chi connectivity index (χ3n) is 2.92. The predicted octanol–water partition coefficient (Wildman–Crippen LogP) is 4.18. The lowest BCUT2D eigenvalue weighted by molar-refractivity contribution is -0.120. The Morgan fingerprint density at radius 1 is 0.920 bits per heavy atom. The zero-order chi connectivity index (χ0) is 18.4. The Bertz CT molecular complexity index is 840. The van der Waals surface area contributed by atoms with E-state index in [2.05, 4.69) is 15.8 Å². The summed E-state index contributed by atoms with van der Waals surface area (Å²) in [6.45, 7) is -0.201. The molecule has 0 saturated heterocycles. The lowest BCUT2D eigenvalue weighted by atomic mass is 10.2. The Hall–Kier alpha value is -1.79. The molecule has 0 aliphatic heterocycles. The van der Waals surface area contributed by atoms with Gasteiger partial charge in [0.05, 0.1) is 15.6 Å². The van der Waals surface area contributed by atoms with Crippen LogP contribution in [0, 0.1) is 0 Å². The Kier molecular flexibility index (Phi) is 7.08. The first-order chi connectivity index (χ1) is 11.9. The first-order valence-corrected chi connectivity index (χ1v) is 8.37. The second-order valence-corrected chi connectivity index (χ2v) is 6.45. The molecular formula is C16H11Cl4N3O2. The van der Waals surface area contributed by atoms with Crippen LogP contribution in [0.3, 0.4) is 0 Å². The standard InChI is InChI=1S/C16H11Cl4N3O2/c17-10-2-1-9(13(19)5-10)7-21-8-15(24)22-23-16(25)12-4-3-11(18)6-14(12)20/h1-7H,8H2,(H,22,24)(H,23,25). The van der Waals surface area contributed by atoms with E-state index < -0.39 is 11.8 Å². The minimum absolute atomic E-state index is 0.176. The fraction of sp³-hybridized carbons (Fsp3) is 0.0625. The van der Waals surface area contributed by atoms with Crippen molar-refractivity contribution in [2.75, 3.05) is 6.54 Å². The van der Waals surface area contributed by atoms with E-state index in [9.17, 15) is 9.59 Å². The van der Waals surface area contributed by atoms with Crippen molar-refractivity contribution in [1.82, 2.24) is 10.9 Å². The molecular weight excluding hydrogens is 408 g/mol. The van der Waals surface area contributed by atoms with Gasteiger partial charge in [0.25, 0.3) is 11.8 Å². The van der Waals surface area contributed by atoms with Crippen LogP contribution in [-0.4, -0.2) is 24.6 Å². The van der Waals surface area contributed by atoms with Crippen molar-refractivity contribution < 1.29 is 9.59 Å². The van der Waals surface area contributed by atoms with Gasteiger partial charge in [-0.05, 0) is 30.3 Å². The summed E-state index contributed by atoms with van der Waals surface area (Å²) in [5.74, 6) is -1.08. The van der Waals surface area contributed by atoms with E-state index in [4.69, 9.17) is 46.4 Å². The quantitative estimate of drug-likeness (QED) is 0.577. The molecule has 0 saturated carbocycles. The molecule has 5 nitrogen and oxygen atoms in total. The molecule has 0 heterocycles. The maximum atomic E-state index is 11.9. The van der Waals surface area contributed by atoms with Gasteiger partial charge in [0, 0.05) is 21.8 Å². The summed E-state index contributed by atoms with van der Waals surface area (Å²) in [6.07, 6.45) is 1.44. The minimum Gasteiger partial charge on any atom is -0.283 e. The number of hydrogen-bond acceptors (Lipinski definition) is 3. The number of carbonyl (C=O) groups is 2. The molecule has 0 aromatic heterocycles. The number of nitrogens with zero attached hydrogens (tertiary/aromatic N) is 1. The zero-order valence-corrected chi connectivity index (χ0v) is 15.5. The van der Waals surface area contributed by atoms with E-state index in [0.717, 1.165) is 0 Å². The molecule has 0 bridgehead atoms. The molecule has 0 aliphatic rings. The van der Waals surface area contributed by atoms with Gasteiger partial charge in [-0.1, -0.05) is 52.5 Å². The molecule has 0 atom stereocenters. The van der Waals surface area contributed by atoms with Gasteiger partial charge in [-0.25, -0.2) is 0 Å². The molecule has 2 aromatic carbocycles. The number of hydrazine groups is 1. The van der Waals surface area contributed by atoms with Gasteiger partial charge in [-0.2, -0.15) is 0 Å². The van der Waals surface area contributed by atoms with E-state index in [1.165, 1.54) is 24.4 Å². The molecule has 2 N–H and O–H groups in total. The van der Waals surface area contributed by atoms with Crippen molar-refractivity contribution in [1.29, 1.82) is 0 Å². The fourth-order valence-electron chi connectivity index (χ4n) is 1.74. The van der Waals surface area contributed by atoms with Crippen molar-refractivity contribution in [3.63, 3.8) is 0 Å². The molecule has 0 spiro atoms. The molecule has 2 amide bonds. The van der Waals surface area contributed by atoms with Crippen molar-refractivity contribution >= 4 is 64.4 Å². The highest BCUT2D eigenvalue weighted by molar-refractivity contribution is 6.37. The number of amides is 2. The molecule has 0 radical (unpaired) electrons. The molecule has 2 rings (SSSR count). The molecule has 0 aliphatic carbocycles. The highest BCUT2D eigenvalue weighted by Crippen LogP contribution is 2.21. The number of rotatable bonds is 4. The summed E-state index contributed by atoms with van der Waals surface area (Å²) < 4.78 is 0. The lowest BCUT2D eigenvalue weighted by Gasteiger charge is -2.07. The smallest absolute Gasteiger partial charge is 0.271 e. The average Bonchev–Trinajstić information content (AvgIpc) is 2.54. The topological polar surface area (TPSA) is 70.6 Å². The second kappa shape index (κ2) is 9.06. The van der Waals surface area contributed by atoms with E-state index >= 15 is 0 Å². The van der Waals surface area contributed by atoms with Crippen LogP contribution in [0.5, 0.6) is 0 Å². The normalized spacial score (nSPS) is 10.7. The van der Waals surface area contributed by atoms with Crippen molar-refractivity contribution in [2.24, 2.45) is 4.99 Å². The van der Waals surface area contributed by atoms with Gasteiger partial charge in [0.1, 0.15) is 6.54 Å². The number of hydrogen-bond donors (Lipinski definition) is 2. The number of aliphatic imine (C=N–C) groups is 1. The van der Waals surface area contributed by atoms with Gasteiger partial charge >= 0.3 is 0 Å². The van der Waals surface area contributed by atoms with E-state index in [0.29, 0.717) is 20.6 Å². The molecule has 130 valence electrons.